The first-order valence-corrected chi connectivity index (χ1v) is 8.46. The van der Waals surface area contributed by atoms with Gasteiger partial charge in [-0.3, -0.25) is 14.6 Å². The van der Waals surface area contributed by atoms with Crippen LogP contribution in [-0.2, 0) is 6.42 Å². The maximum Gasteiger partial charge on any atom is 0.214 e. The van der Waals surface area contributed by atoms with Gasteiger partial charge in [-0.1, -0.05) is 36.4 Å². The molecule has 4 nitrogen and oxygen atoms in total. The highest BCUT2D eigenvalue weighted by Gasteiger charge is 2.36. The molecular formula is C22H14N2O2. The average molecular weight is 338 g/mol. The largest absolute Gasteiger partial charge is 0.313 e. The lowest BCUT2D eigenvalue weighted by Gasteiger charge is -2.14. The van der Waals surface area contributed by atoms with Crippen molar-refractivity contribution in [1.82, 2.24) is 9.38 Å². The second-order valence-electron chi connectivity index (χ2n) is 6.38. The number of carbonyl (C=O) groups is 2. The third-order valence-electron chi connectivity index (χ3n) is 4.88. The smallest absolute Gasteiger partial charge is 0.214 e. The van der Waals surface area contributed by atoms with Gasteiger partial charge in [0.2, 0.25) is 11.6 Å². The molecule has 0 amide bonds. The molecule has 1 aromatic carbocycles. The minimum Gasteiger partial charge on any atom is -0.313 e. The second kappa shape index (κ2) is 5.49. The van der Waals surface area contributed by atoms with Crippen LogP contribution in [0.5, 0.6) is 0 Å². The molecule has 0 N–H and O–H groups in total. The lowest BCUT2D eigenvalue weighted by molar-refractivity contribution is 0.0971. The Hall–Kier alpha value is -3.53. The van der Waals surface area contributed by atoms with Crippen molar-refractivity contribution in [2.45, 2.75) is 6.42 Å². The van der Waals surface area contributed by atoms with Gasteiger partial charge in [0.25, 0.3) is 0 Å². The minimum absolute atomic E-state index is 0.150. The molecule has 1 aliphatic carbocycles. The molecule has 0 saturated carbocycles. The summed E-state index contributed by atoms with van der Waals surface area (Å²) in [7, 11) is 0. The fraction of sp³-hybridized carbons (Fsp3) is 0.0455. The summed E-state index contributed by atoms with van der Waals surface area (Å²) in [4.78, 5) is 30.5. The van der Waals surface area contributed by atoms with Gasteiger partial charge in [-0.15, -0.1) is 0 Å². The average Bonchev–Trinajstić information content (AvgIpc) is 3.02. The summed E-state index contributed by atoms with van der Waals surface area (Å²) in [6.45, 7) is 0. The first kappa shape index (κ1) is 14.8. The molecule has 3 aromatic heterocycles. The number of ketones is 2. The van der Waals surface area contributed by atoms with Gasteiger partial charge in [-0.25, -0.2) is 0 Å². The van der Waals surface area contributed by atoms with E-state index in [4.69, 9.17) is 0 Å². The van der Waals surface area contributed by atoms with Crippen LogP contribution in [0, 0.1) is 0 Å². The number of rotatable bonds is 2. The van der Waals surface area contributed by atoms with Gasteiger partial charge < -0.3 is 4.40 Å². The number of fused-ring (bicyclic) bond motifs is 4. The van der Waals surface area contributed by atoms with Crippen LogP contribution in [0.25, 0.3) is 5.52 Å². The van der Waals surface area contributed by atoms with Crippen LogP contribution in [0.2, 0.25) is 0 Å². The predicted molar refractivity (Wildman–Crippen MR) is 97.7 cm³/mol. The van der Waals surface area contributed by atoms with Crippen LogP contribution >= 0.6 is 0 Å². The van der Waals surface area contributed by atoms with Gasteiger partial charge in [0.05, 0.1) is 16.6 Å². The normalized spacial score (nSPS) is 12.9. The van der Waals surface area contributed by atoms with E-state index in [-0.39, 0.29) is 17.3 Å². The third kappa shape index (κ3) is 1.99. The standard InChI is InChI=1S/C22H14N2O2/c25-21-15-9-6-11-23-19(15)22(26)18-16(13-14-7-2-1-3-8-14)17-10-4-5-12-24(17)20(18)21/h1-12H,13H2. The Morgan fingerprint density at radius 3 is 2.50 bits per heavy atom. The molecule has 4 aromatic rings. The lowest BCUT2D eigenvalue weighted by Crippen LogP contribution is -2.23. The zero-order chi connectivity index (χ0) is 17.7. The van der Waals surface area contributed by atoms with Gasteiger partial charge in [0.1, 0.15) is 11.4 Å². The Kier molecular flexibility index (Phi) is 3.12. The SMILES string of the molecule is O=C1c2ncccc2C(=O)c2c1c(Cc1ccccc1)c1ccccn21. The van der Waals surface area contributed by atoms with Crippen LogP contribution in [0.15, 0.2) is 73.1 Å². The molecule has 0 bridgehead atoms. The summed E-state index contributed by atoms with van der Waals surface area (Å²) in [6.07, 6.45) is 3.99. The number of nitrogens with zero attached hydrogens (tertiary/aromatic N) is 2. The molecule has 0 radical (unpaired) electrons. The molecule has 1 aliphatic rings. The summed E-state index contributed by atoms with van der Waals surface area (Å²) in [5, 5.41) is 0. The summed E-state index contributed by atoms with van der Waals surface area (Å²) in [6, 6.07) is 19.1. The van der Waals surface area contributed by atoms with Crippen molar-refractivity contribution >= 4 is 17.1 Å². The van der Waals surface area contributed by atoms with E-state index >= 15 is 0 Å². The minimum atomic E-state index is -0.176. The monoisotopic (exact) mass is 338 g/mol. The van der Waals surface area contributed by atoms with Gasteiger partial charge in [0, 0.05) is 18.8 Å². The number of carbonyl (C=O) groups excluding carboxylic acids is 2. The Morgan fingerprint density at radius 2 is 1.65 bits per heavy atom. The summed E-state index contributed by atoms with van der Waals surface area (Å²) < 4.78 is 1.84. The van der Waals surface area contributed by atoms with Gasteiger partial charge >= 0.3 is 0 Å². The lowest BCUT2D eigenvalue weighted by atomic mass is 9.88. The van der Waals surface area contributed by atoms with E-state index < -0.39 is 0 Å². The summed E-state index contributed by atoms with van der Waals surface area (Å²) in [5.74, 6) is -0.326. The second-order valence-corrected chi connectivity index (χ2v) is 6.38. The fourth-order valence-corrected chi connectivity index (χ4v) is 3.74. The Bertz CT molecular complexity index is 1190. The maximum absolute atomic E-state index is 13.2. The molecule has 3 heterocycles. The quantitative estimate of drug-likeness (QED) is 0.493. The van der Waals surface area contributed by atoms with E-state index in [2.05, 4.69) is 4.98 Å². The summed E-state index contributed by atoms with van der Waals surface area (Å²) in [5.41, 5.74) is 4.40. The van der Waals surface area contributed by atoms with Gasteiger partial charge in [0.15, 0.2) is 0 Å². The topological polar surface area (TPSA) is 51.4 Å². The molecule has 0 fully saturated rings. The zero-order valence-electron chi connectivity index (χ0n) is 13.8. The molecule has 0 saturated heterocycles. The van der Waals surface area contributed by atoms with Crippen LogP contribution in [0.1, 0.15) is 43.2 Å². The highest BCUT2D eigenvalue weighted by molar-refractivity contribution is 6.28. The Labute approximate surface area is 149 Å². The van der Waals surface area contributed by atoms with E-state index in [9.17, 15) is 9.59 Å². The van der Waals surface area contributed by atoms with Crippen molar-refractivity contribution < 1.29 is 9.59 Å². The highest BCUT2D eigenvalue weighted by atomic mass is 16.1. The molecule has 0 spiro atoms. The molecule has 0 aliphatic heterocycles. The van der Waals surface area contributed by atoms with Crippen LogP contribution in [0.3, 0.4) is 0 Å². The van der Waals surface area contributed by atoms with Crippen molar-refractivity contribution in [1.29, 1.82) is 0 Å². The highest BCUT2D eigenvalue weighted by Crippen LogP contribution is 2.34. The van der Waals surface area contributed by atoms with Crippen LogP contribution < -0.4 is 0 Å². The number of pyridine rings is 2. The molecule has 26 heavy (non-hydrogen) atoms. The van der Waals surface area contributed by atoms with Crippen molar-refractivity contribution in [3.63, 3.8) is 0 Å². The Morgan fingerprint density at radius 1 is 0.846 bits per heavy atom. The van der Waals surface area contributed by atoms with Crippen molar-refractivity contribution in [3.8, 4) is 0 Å². The number of aromatic nitrogens is 2. The van der Waals surface area contributed by atoms with E-state index in [1.54, 1.807) is 18.3 Å². The van der Waals surface area contributed by atoms with Crippen molar-refractivity contribution in [2.24, 2.45) is 0 Å². The Balaban J connectivity index is 1.82. The molecule has 0 unspecified atom stereocenters. The fourth-order valence-electron chi connectivity index (χ4n) is 3.74. The number of hydrogen-bond acceptors (Lipinski definition) is 3. The molecule has 5 rings (SSSR count). The molecular weight excluding hydrogens is 324 g/mol. The zero-order valence-corrected chi connectivity index (χ0v) is 13.8. The summed E-state index contributed by atoms with van der Waals surface area (Å²) >= 11 is 0. The predicted octanol–water partition coefficient (Wildman–Crippen LogP) is 3.70. The first-order valence-electron chi connectivity index (χ1n) is 8.46. The van der Waals surface area contributed by atoms with Crippen LogP contribution in [0.4, 0.5) is 0 Å². The van der Waals surface area contributed by atoms with E-state index in [1.807, 2.05) is 59.1 Å². The number of benzene rings is 1. The van der Waals surface area contributed by atoms with E-state index in [0.29, 0.717) is 23.2 Å². The van der Waals surface area contributed by atoms with Crippen molar-refractivity contribution in [3.05, 3.63) is 107 Å². The maximum atomic E-state index is 13.2. The number of hydrogen-bond donors (Lipinski definition) is 0. The van der Waals surface area contributed by atoms with Gasteiger partial charge in [-0.2, -0.15) is 0 Å². The first-order chi connectivity index (χ1) is 12.8. The van der Waals surface area contributed by atoms with E-state index in [0.717, 1.165) is 16.6 Å². The van der Waals surface area contributed by atoms with Crippen molar-refractivity contribution in [2.75, 3.05) is 0 Å². The molecule has 0 atom stereocenters. The molecule has 124 valence electrons. The van der Waals surface area contributed by atoms with Crippen LogP contribution in [-0.4, -0.2) is 21.0 Å². The van der Waals surface area contributed by atoms with E-state index in [1.165, 1.54) is 0 Å². The van der Waals surface area contributed by atoms with Gasteiger partial charge in [-0.05, 0) is 35.4 Å². The molecule has 4 heteroatoms. The third-order valence-corrected chi connectivity index (χ3v) is 4.88.